The van der Waals surface area contributed by atoms with Crippen LogP contribution in [0.2, 0.25) is 5.02 Å². The summed E-state index contributed by atoms with van der Waals surface area (Å²) in [5.74, 6) is -0.496. The second kappa shape index (κ2) is 22.6. The molecule has 368 valence electrons. The van der Waals surface area contributed by atoms with Crippen LogP contribution in [0, 0.1) is 45.3 Å². The minimum atomic E-state index is -0.683. The van der Waals surface area contributed by atoms with Crippen LogP contribution in [-0.4, -0.2) is 87.4 Å². The maximum absolute atomic E-state index is 14.1. The van der Waals surface area contributed by atoms with Crippen LogP contribution in [0.5, 0.6) is 11.5 Å². The highest BCUT2D eigenvalue weighted by Crippen LogP contribution is 2.55. The van der Waals surface area contributed by atoms with Gasteiger partial charge < -0.3 is 39.6 Å². The lowest BCUT2D eigenvalue weighted by atomic mass is 9.49. The van der Waals surface area contributed by atoms with E-state index in [0.717, 1.165) is 17.5 Å². The van der Waals surface area contributed by atoms with Crippen molar-refractivity contribution in [2.24, 2.45) is 34.0 Å². The summed E-state index contributed by atoms with van der Waals surface area (Å²) in [7, 11) is 0. The highest BCUT2D eigenvalue weighted by molar-refractivity contribution is 6.31. The van der Waals surface area contributed by atoms with Crippen molar-refractivity contribution in [2.75, 3.05) is 39.6 Å². The molecule has 3 N–H and O–H groups in total. The van der Waals surface area contributed by atoms with Gasteiger partial charge in [-0.25, -0.2) is 0 Å². The fourth-order valence-electron chi connectivity index (χ4n) is 10.5. The summed E-state index contributed by atoms with van der Waals surface area (Å²) >= 11 is 6.24. The molecule has 6 atom stereocenters. The third-order valence-electron chi connectivity index (χ3n) is 14.2. The molecule has 0 saturated heterocycles. The number of carbonyl (C=O) groups excluding carboxylic acids is 4. The van der Waals surface area contributed by atoms with Crippen molar-refractivity contribution in [2.45, 2.75) is 125 Å². The van der Waals surface area contributed by atoms with Crippen LogP contribution in [0.4, 0.5) is 0 Å². The highest BCUT2D eigenvalue weighted by atomic mass is 35.5. The molecule has 0 radical (unpaired) electrons. The summed E-state index contributed by atoms with van der Waals surface area (Å²) in [6, 6.07) is 20.9. The van der Waals surface area contributed by atoms with E-state index in [0.29, 0.717) is 93.0 Å². The third kappa shape index (κ3) is 12.2. The topological polar surface area (TPSA) is 174 Å². The number of hydrogen-bond donors (Lipinski definition) is 3. The molecule has 0 aromatic heterocycles. The van der Waals surface area contributed by atoms with Crippen molar-refractivity contribution >= 4 is 35.1 Å². The zero-order valence-electron chi connectivity index (χ0n) is 41.2. The number of ketones is 1. The molecule has 68 heavy (non-hydrogen) atoms. The minimum Gasteiger partial charge on any atom is -0.491 e. The number of nitrogens with zero attached hydrogens (tertiary/aromatic N) is 1. The molecular formula is C54H71ClN4O9. The Kier molecular flexibility index (Phi) is 17.4. The molecule has 3 aromatic carbocycles. The normalized spacial score (nSPS) is 23.2. The molecule has 3 aliphatic carbocycles. The van der Waals surface area contributed by atoms with E-state index in [9.17, 15) is 24.4 Å². The van der Waals surface area contributed by atoms with E-state index in [1.807, 2.05) is 52.8 Å². The monoisotopic (exact) mass is 954 g/mol. The summed E-state index contributed by atoms with van der Waals surface area (Å²) in [6.45, 7) is 20.0. The van der Waals surface area contributed by atoms with E-state index in [-0.39, 0.29) is 64.5 Å². The summed E-state index contributed by atoms with van der Waals surface area (Å²) < 4.78 is 30.1. The van der Waals surface area contributed by atoms with Gasteiger partial charge in [-0.1, -0.05) is 105 Å². The molecule has 0 bridgehead atoms. The number of halogens is 1. The molecular weight excluding hydrogens is 884 g/mol. The zero-order valence-corrected chi connectivity index (χ0v) is 42.0. The number of fused-ring (bicyclic) bond motifs is 1. The van der Waals surface area contributed by atoms with Gasteiger partial charge >= 0.3 is 0 Å². The maximum Gasteiger partial charge on any atom is 0.251 e. The van der Waals surface area contributed by atoms with Crippen molar-refractivity contribution in [3.05, 3.63) is 94.0 Å². The largest absolute Gasteiger partial charge is 0.491 e. The van der Waals surface area contributed by atoms with Crippen molar-refractivity contribution in [3.8, 4) is 17.6 Å². The van der Waals surface area contributed by atoms with Crippen LogP contribution in [-0.2, 0) is 35.0 Å². The summed E-state index contributed by atoms with van der Waals surface area (Å²) in [4.78, 5) is 54.4. The second-order valence-corrected chi connectivity index (χ2v) is 21.3. The fraction of sp³-hybridized carbons (Fsp3) is 0.574. The number of amides is 3. The predicted molar refractivity (Wildman–Crippen MR) is 260 cm³/mol. The molecule has 6 rings (SSSR count). The lowest BCUT2D eigenvalue weighted by molar-refractivity contribution is -0.164. The Hall–Kier alpha value is -5.00. The lowest BCUT2D eigenvalue weighted by Crippen LogP contribution is -2.74. The molecule has 3 aliphatic rings. The molecule has 0 spiro atoms. The van der Waals surface area contributed by atoms with E-state index >= 15 is 0 Å². The molecule has 1 unspecified atom stereocenters. The number of carbonyl (C=O) groups is 4. The Bertz CT molecular complexity index is 2270. The molecule has 3 aromatic rings. The highest BCUT2D eigenvalue weighted by Gasteiger charge is 2.64. The van der Waals surface area contributed by atoms with E-state index in [2.05, 4.69) is 55.8 Å². The van der Waals surface area contributed by atoms with Crippen molar-refractivity contribution < 1.29 is 42.9 Å². The van der Waals surface area contributed by atoms with Crippen molar-refractivity contribution in [1.82, 2.24) is 16.0 Å². The first-order chi connectivity index (χ1) is 32.3. The van der Waals surface area contributed by atoms with Crippen LogP contribution in [0.25, 0.3) is 0 Å². The van der Waals surface area contributed by atoms with Crippen LogP contribution in [0.3, 0.4) is 0 Å². The fourth-order valence-corrected chi connectivity index (χ4v) is 10.7. The Morgan fingerprint density at radius 1 is 0.838 bits per heavy atom. The Morgan fingerprint density at radius 3 is 2.12 bits per heavy atom. The third-order valence-corrected chi connectivity index (χ3v) is 14.5. The van der Waals surface area contributed by atoms with E-state index in [1.54, 1.807) is 42.5 Å². The van der Waals surface area contributed by atoms with Crippen molar-refractivity contribution in [1.29, 1.82) is 5.26 Å². The number of rotatable bonds is 22. The van der Waals surface area contributed by atoms with Gasteiger partial charge in [-0.15, -0.1) is 0 Å². The second-order valence-electron chi connectivity index (χ2n) is 20.9. The Labute approximate surface area is 407 Å². The zero-order chi connectivity index (χ0) is 49.4. The van der Waals surface area contributed by atoms with Gasteiger partial charge in [-0.05, 0) is 72.2 Å². The van der Waals surface area contributed by atoms with Gasteiger partial charge in [0.2, 0.25) is 11.8 Å². The molecule has 14 heteroatoms. The summed E-state index contributed by atoms with van der Waals surface area (Å²) in [5, 5.41) is 19.1. The summed E-state index contributed by atoms with van der Waals surface area (Å²) in [6.07, 6.45) is 2.84. The number of hydrogen-bond acceptors (Lipinski definition) is 10. The van der Waals surface area contributed by atoms with Gasteiger partial charge in [0.1, 0.15) is 30.3 Å². The Morgan fingerprint density at radius 2 is 1.47 bits per heavy atom. The van der Waals surface area contributed by atoms with Crippen LogP contribution < -0.4 is 25.4 Å². The first-order valence-corrected chi connectivity index (χ1v) is 24.5. The number of nitriles is 1. The van der Waals surface area contributed by atoms with Crippen LogP contribution in [0.1, 0.15) is 121 Å². The average molecular weight is 956 g/mol. The molecule has 0 aliphatic heterocycles. The average Bonchev–Trinajstić information content (AvgIpc) is 3.94. The molecule has 13 nitrogen and oxygen atoms in total. The van der Waals surface area contributed by atoms with Gasteiger partial charge in [-0.2, -0.15) is 5.26 Å². The first-order valence-electron chi connectivity index (χ1n) is 24.2. The molecule has 2 saturated carbocycles. The Balaban J connectivity index is 0.885. The number of nitrogens with one attached hydrogen (secondary N) is 3. The number of benzene rings is 3. The smallest absolute Gasteiger partial charge is 0.251 e. The molecule has 0 heterocycles. The maximum atomic E-state index is 14.1. The first kappa shape index (κ1) is 52.4. The molecule has 2 fully saturated rings. The summed E-state index contributed by atoms with van der Waals surface area (Å²) in [5.41, 5.74) is 1.77. The van der Waals surface area contributed by atoms with E-state index < -0.39 is 23.3 Å². The minimum absolute atomic E-state index is 0.0666. The standard InChI is InChI=1S/C54H71ClN4O9/c1-10-33(2)47(61)58-46(52(3,4)5)45(60)40-16-13-17-41(40)49(63)57-44-39-15-12-11-14-35(39)30-43(44)67-29-27-65-25-24-64-26-28-66-37-21-18-34(19-22-37)48(62)59-50-53(6,7)51(54(50,8)9)68-38-23-20-36(32-56)42(55)31-38/h11-12,14-15,18-23,31,33,40-41,43-44,46,50-51H,10,13,16-17,24-30H2,1-9H3,(H,57,63)(H,58,61)(H,59,62)/t33-,40?,41-,43-,44+,46-,50?,51?/m1/s1. The number of Topliss-reactive ketones (excluding diaryl/α,β-unsaturated/α-hetero) is 1. The van der Waals surface area contributed by atoms with Crippen LogP contribution in [0.15, 0.2) is 66.7 Å². The van der Waals surface area contributed by atoms with Gasteiger partial charge in [0.25, 0.3) is 5.91 Å². The molecule has 3 amide bonds. The van der Waals surface area contributed by atoms with Gasteiger partial charge in [0.15, 0.2) is 5.78 Å². The quantitative estimate of drug-likeness (QED) is 0.0828. The van der Waals surface area contributed by atoms with E-state index in [1.165, 1.54) is 0 Å². The van der Waals surface area contributed by atoms with E-state index in [4.69, 9.17) is 35.3 Å². The predicted octanol–water partition coefficient (Wildman–Crippen LogP) is 8.60. The van der Waals surface area contributed by atoms with Crippen LogP contribution >= 0.6 is 11.6 Å². The van der Waals surface area contributed by atoms with Gasteiger partial charge in [0.05, 0.1) is 61.8 Å². The van der Waals surface area contributed by atoms with Gasteiger partial charge in [-0.3, -0.25) is 19.2 Å². The van der Waals surface area contributed by atoms with Gasteiger partial charge in [0, 0.05) is 52.7 Å². The van der Waals surface area contributed by atoms with Crippen molar-refractivity contribution in [3.63, 3.8) is 0 Å². The SMILES string of the molecule is CC[C@@H](C)C(=O)N[C@H](C(=O)C1CCC[C@H]1C(=O)N[C@H]1c2ccccc2C[C@H]1OCCOCCOCCOc1ccc(C(=O)NC2C(C)(C)C(Oc3ccc(C#N)c(Cl)c3)C2(C)C)cc1)C(C)(C)C. The lowest BCUT2D eigenvalue weighted by Gasteiger charge is -2.63. The number of ether oxygens (including phenoxy) is 5.